The zero-order valence-corrected chi connectivity index (χ0v) is 15.1. The number of benzene rings is 1. The molecule has 3 aliphatic rings. The van der Waals surface area contributed by atoms with Crippen LogP contribution >= 0.6 is 11.6 Å². The Bertz CT molecular complexity index is 801. The molecular formula is C19H21ClN4O. The summed E-state index contributed by atoms with van der Waals surface area (Å²) in [7, 11) is 0. The molecule has 5 nitrogen and oxygen atoms in total. The average molecular weight is 357 g/mol. The van der Waals surface area contributed by atoms with Crippen LogP contribution in [-0.2, 0) is 4.79 Å². The van der Waals surface area contributed by atoms with Gasteiger partial charge in [0.25, 0.3) is 0 Å². The number of amides is 1. The van der Waals surface area contributed by atoms with Gasteiger partial charge in [0.05, 0.1) is 0 Å². The van der Waals surface area contributed by atoms with Crippen LogP contribution in [0.4, 0.5) is 11.5 Å². The van der Waals surface area contributed by atoms with Gasteiger partial charge in [0.1, 0.15) is 11.6 Å². The van der Waals surface area contributed by atoms with Gasteiger partial charge in [-0.05, 0) is 61.9 Å². The van der Waals surface area contributed by atoms with Crippen molar-refractivity contribution < 1.29 is 4.79 Å². The lowest BCUT2D eigenvalue weighted by molar-refractivity contribution is -0.166. The Morgan fingerprint density at radius 1 is 1.20 bits per heavy atom. The van der Waals surface area contributed by atoms with E-state index < -0.39 is 0 Å². The van der Waals surface area contributed by atoms with E-state index in [0.29, 0.717) is 5.02 Å². The number of nitrogens with zero attached hydrogens (tertiary/aromatic N) is 2. The summed E-state index contributed by atoms with van der Waals surface area (Å²) in [6.45, 7) is 3.92. The van der Waals surface area contributed by atoms with E-state index in [9.17, 15) is 4.79 Å². The van der Waals surface area contributed by atoms with E-state index in [1.807, 2.05) is 32.0 Å². The molecule has 2 bridgehead atoms. The maximum atomic E-state index is 12.6. The zero-order chi connectivity index (χ0) is 17.7. The van der Waals surface area contributed by atoms with E-state index in [1.54, 1.807) is 18.3 Å². The monoisotopic (exact) mass is 356 g/mol. The molecule has 2 N–H and O–H groups in total. The van der Waals surface area contributed by atoms with Gasteiger partial charge in [0, 0.05) is 28.4 Å². The summed E-state index contributed by atoms with van der Waals surface area (Å²) in [4.78, 5) is 21.1. The first kappa shape index (κ1) is 16.3. The molecular weight excluding hydrogens is 336 g/mol. The predicted molar refractivity (Wildman–Crippen MR) is 98.7 cm³/mol. The summed E-state index contributed by atoms with van der Waals surface area (Å²) in [5.74, 6) is 1.70. The molecule has 5 rings (SSSR count). The third-order valence-corrected chi connectivity index (χ3v) is 5.92. The third kappa shape index (κ3) is 2.86. The Labute approximate surface area is 152 Å². The van der Waals surface area contributed by atoms with Crippen LogP contribution < -0.4 is 10.6 Å². The van der Waals surface area contributed by atoms with Crippen LogP contribution in [0.2, 0.25) is 5.02 Å². The maximum absolute atomic E-state index is 12.6. The Balaban J connectivity index is 1.35. The number of anilines is 2. The van der Waals surface area contributed by atoms with Gasteiger partial charge in [-0.15, -0.1) is 0 Å². The number of aryl methyl sites for hydroxylation is 1. The molecule has 0 saturated heterocycles. The summed E-state index contributed by atoms with van der Waals surface area (Å²) in [6.07, 6.45) is 4.81. The number of halogens is 1. The fraction of sp³-hybridized carbons (Fsp3) is 0.421. The van der Waals surface area contributed by atoms with Crippen molar-refractivity contribution in [1.82, 2.24) is 9.97 Å². The minimum atomic E-state index is -0.0148. The van der Waals surface area contributed by atoms with Crippen molar-refractivity contribution >= 4 is 29.0 Å². The van der Waals surface area contributed by atoms with Crippen LogP contribution in [0.15, 0.2) is 36.5 Å². The minimum absolute atomic E-state index is 0.0148. The number of hydrogen-bond acceptors (Lipinski definition) is 4. The molecule has 0 aliphatic heterocycles. The van der Waals surface area contributed by atoms with Crippen molar-refractivity contribution in [3.05, 3.63) is 47.4 Å². The van der Waals surface area contributed by atoms with Gasteiger partial charge in [-0.2, -0.15) is 0 Å². The highest BCUT2D eigenvalue weighted by Gasteiger charge is 2.70. The van der Waals surface area contributed by atoms with Crippen LogP contribution in [0.5, 0.6) is 0 Å². The van der Waals surface area contributed by atoms with Crippen molar-refractivity contribution in [2.24, 2.45) is 11.3 Å². The van der Waals surface area contributed by atoms with Crippen molar-refractivity contribution in [1.29, 1.82) is 0 Å². The molecule has 0 spiro atoms. The van der Waals surface area contributed by atoms with Crippen molar-refractivity contribution in [3.63, 3.8) is 0 Å². The van der Waals surface area contributed by atoms with Gasteiger partial charge in [-0.25, -0.2) is 9.97 Å². The lowest BCUT2D eigenvalue weighted by Gasteiger charge is -2.72. The fourth-order valence-electron chi connectivity index (χ4n) is 4.32. The van der Waals surface area contributed by atoms with Crippen molar-refractivity contribution in [3.8, 4) is 0 Å². The van der Waals surface area contributed by atoms with Gasteiger partial charge in [-0.3, -0.25) is 4.79 Å². The Hall–Kier alpha value is -2.14. The lowest BCUT2D eigenvalue weighted by atomic mass is 9.36. The molecule has 1 unspecified atom stereocenters. The van der Waals surface area contributed by atoms with Gasteiger partial charge in [0.15, 0.2) is 0 Å². The van der Waals surface area contributed by atoms with Crippen LogP contribution in [-0.4, -0.2) is 21.4 Å². The van der Waals surface area contributed by atoms with Crippen molar-refractivity contribution in [2.45, 2.75) is 38.6 Å². The highest BCUT2D eigenvalue weighted by molar-refractivity contribution is 6.30. The van der Waals surface area contributed by atoms with Crippen LogP contribution in [0.3, 0.4) is 0 Å². The van der Waals surface area contributed by atoms with E-state index in [-0.39, 0.29) is 22.8 Å². The highest BCUT2D eigenvalue weighted by Crippen LogP contribution is 2.71. The topological polar surface area (TPSA) is 66.9 Å². The SMILES string of the molecule is Cc1nccc(NC23CC(C(C)C(=O)Nc4ccc(Cl)cc4)(C2)C3)n1. The highest BCUT2D eigenvalue weighted by atomic mass is 35.5. The number of hydrogen-bond donors (Lipinski definition) is 2. The summed E-state index contributed by atoms with van der Waals surface area (Å²) < 4.78 is 0. The minimum Gasteiger partial charge on any atom is -0.364 e. The van der Waals surface area contributed by atoms with E-state index in [0.717, 1.165) is 36.6 Å². The number of carbonyl (C=O) groups is 1. The molecule has 1 heterocycles. The number of nitrogens with one attached hydrogen (secondary N) is 2. The molecule has 0 radical (unpaired) electrons. The first-order valence-electron chi connectivity index (χ1n) is 8.54. The predicted octanol–water partition coefficient (Wildman–Crippen LogP) is 4.05. The van der Waals surface area contributed by atoms with Gasteiger partial charge >= 0.3 is 0 Å². The summed E-state index contributed by atoms with van der Waals surface area (Å²) in [5, 5.41) is 7.20. The number of aromatic nitrogens is 2. The van der Waals surface area contributed by atoms with Gasteiger partial charge in [-0.1, -0.05) is 18.5 Å². The second-order valence-corrected chi connectivity index (χ2v) is 7.94. The largest absolute Gasteiger partial charge is 0.364 e. The molecule has 3 fully saturated rings. The molecule has 25 heavy (non-hydrogen) atoms. The standard InChI is InChI=1S/C19H21ClN4O/c1-12(17(25)23-15-5-3-14(20)4-6-15)18-9-19(10-18,11-18)24-16-7-8-21-13(2)22-16/h3-8,12H,9-11H2,1-2H3,(H,23,25)(H,21,22,24). The molecule has 3 saturated carbocycles. The Morgan fingerprint density at radius 2 is 1.88 bits per heavy atom. The second-order valence-electron chi connectivity index (χ2n) is 7.50. The summed E-state index contributed by atoms with van der Waals surface area (Å²) in [6, 6.07) is 9.12. The number of rotatable bonds is 5. The van der Waals surface area contributed by atoms with E-state index in [4.69, 9.17) is 11.6 Å². The van der Waals surface area contributed by atoms with E-state index >= 15 is 0 Å². The number of carbonyl (C=O) groups excluding carboxylic acids is 1. The molecule has 3 aliphatic carbocycles. The molecule has 130 valence electrons. The lowest BCUT2D eigenvalue weighted by Crippen LogP contribution is -2.74. The summed E-state index contributed by atoms with van der Waals surface area (Å²) >= 11 is 5.88. The molecule has 1 aromatic carbocycles. The maximum Gasteiger partial charge on any atom is 0.227 e. The van der Waals surface area contributed by atoms with Crippen molar-refractivity contribution in [2.75, 3.05) is 10.6 Å². The Kier molecular flexibility index (Phi) is 3.72. The van der Waals surface area contributed by atoms with Crippen LogP contribution in [0, 0.1) is 18.3 Å². The van der Waals surface area contributed by atoms with E-state index in [1.165, 1.54) is 0 Å². The van der Waals surface area contributed by atoms with E-state index in [2.05, 4.69) is 20.6 Å². The first-order chi connectivity index (χ1) is 11.9. The van der Waals surface area contributed by atoms with Gasteiger partial charge in [0.2, 0.25) is 5.91 Å². The fourth-order valence-corrected chi connectivity index (χ4v) is 4.44. The third-order valence-electron chi connectivity index (χ3n) is 5.66. The smallest absolute Gasteiger partial charge is 0.227 e. The van der Waals surface area contributed by atoms with Crippen LogP contribution in [0.1, 0.15) is 32.0 Å². The molecule has 2 aromatic rings. The second kappa shape index (κ2) is 5.70. The Morgan fingerprint density at radius 3 is 2.52 bits per heavy atom. The molecule has 1 amide bonds. The normalized spacial score (nSPS) is 27.6. The molecule has 6 heteroatoms. The molecule has 1 atom stereocenters. The van der Waals surface area contributed by atoms with Gasteiger partial charge < -0.3 is 10.6 Å². The first-order valence-corrected chi connectivity index (χ1v) is 8.92. The average Bonchev–Trinajstić information content (AvgIpc) is 2.51. The molecule has 1 aromatic heterocycles. The zero-order valence-electron chi connectivity index (χ0n) is 14.3. The van der Waals surface area contributed by atoms with Crippen LogP contribution in [0.25, 0.3) is 0 Å². The quantitative estimate of drug-likeness (QED) is 0.848. The summed E-state index contributed by atoms with van der Waals surface area (Å²) in [5.41, 5.74) is 1.01.